The molecular formula is C19H15N3. The normalized spacial score (nSPS) is 10.7. The van der Waals surface area contributed by atoms with Crippen molar-refractivity contribution in [3.05, 3.63) is 91.8 Å². The van der Waals surface area contributed by atoms with E-state index in [9.17, 15) is 0 Å². The van der Waals surface area contributed by atoms with Crippen LogP contribution in [0, 0.1) is 0 Å². The molecule has 0 unspecified atom stereocenters. The number of nitrogens with zero attached hydrogens (tertiary/aromatic N) is 3. The highest BCUT2D eigenvalue weighted by atomic mass is 15.0. The molecule has 0 saturated carbocycles. The Kier molecular flexibility index (Phi) is 3.09. The highest BCUT2D eigenvalue weighted by Crippen LogP contribution is 2.31. The van der Waals surface area contributed by atoms with Gasteiger partial charge >= 0.3 is 0 Å². The van der Waals surface area contributed by atoms with E-state index in [1.165, 1.54) is 16.8 Å². The smallest absolute Gasteiger partial charge is 0.0991 e. The van der Waals surface area contributed by atoms with Crippen molar-refractivity contribution in [2.75, 3.05) is 0 Å². The number of benzene rings is 2. The van der Waals surface area contributed by atoms with Crippen molar-refractivity contribution in [3.63, 3.8) is 0 Å². The van der Waals surface area contributed by atoms with Crippen molar-refractivity contribution in [2.45, 2.75) is 0 Å². The van der Waals surface area contributed by atoms with Crippen LogP contribution in [-0.4, -0.2) is 14.1 Å². The highest BCUT2D eigenvalue weighted by molar-refractivity contribution is 5.79. The molecule has 0 amide bonds. The fraction of sp³-hybridized carbons (Fsp3) is 0. The molecule has 2 aromatic heterocycles. The average molecular weight is 285 g/mol. The zero-order valence-electron chi connectivity index (χ0n) is 12.0. The summed E-state index contributed by atoms with van der Waals surface area (Å²) in [5.41, 5.74) is 4.67. The Morgan fingerprint density at radius 3 is 1.77 bits per heavy atom. The second-order valence-electron chi connectivity index (χ2n) is 5.09. The third-order valence-electron chi connectivity index (χ3n) is 3.76. The van der Waals surface area contributed by atoms with Gasteiger partial charge in [0.25, 0.3) is 0 Å². The first-order valence-electron chi connectivity index (χ1n) is 7.23. The summed E-state index contributed by atoms with van der Waals surface area (Å²) in [4.78, 5) is 4.16. The summed E-state index contributed by atoms with van der Waals surface area (Å²) in [6.07, 6.45) is 9.74. The Bertz CT molecular complexity index is 799. The number of hydrogen-bond donors (Lipinski definition) is 0. The van der Waals surface area contributed by atoms with Gasteiger partial charge in [0.15, 0.2) is 0 Å². The van der Waals surface area contributed by atoms with Gasteiger partial charge in [-0.15, -0.1) is 0 Å². The first-order valence-corrected chi connectivity index (χ1v) is 7.23. The number of rotatable bonds is 3. The molecule has 0 fully saturated rings. The van der Waals surface area contributed by atoms with Crippen LogP contribution < -0.4 is 0 Å². The molecule has 4 rings (SSSR count). The minimum Gasteiger partial charge on any atom is -0.323 e. The second kappa shape index (κ2) is 5.37. The van der Waals surface area contributed by atoms with E-state index in [4.69, 9.17) is 0 Å². The molecule has 0 spiro atoms. The van der Waals surface area contributed by atoms with Gasteiger partial charge in [0.05, 0.1) is 17.7 Å². The van der Waals surface area contributed by atoms with Crippen molar-refractivity contribution in [2.24, 2.45) is 0 Å². The Balaban J connectivity index is 1.95. The molecule has 2 aromatic carbocycles. The standard InChI is InChI=1S/C19H15N3/c1-3-9-18(21-12-5-6-13-21)16(7-1)17-8-2-4-10-19(17)22-14-11-20-15-22/h1-15H. The third-order valence-corrected chi connectivity index (χ3v) is 3.76. The molecular weight excluding hydrogens is 270 g/mol. The summed E-state index contributed by atoms with van der Waals surface area (Å²) in [6, 6.07) is 20.9. The second-order valence-corrected chi connectivity index (χ2v) is 5.09. The van der Waals surface area contributed by atoms with E-state index in [2.05, 4.69) is 70.5 Å². The molecule has 0 N–H and O–H groups in total. The molecule has 3 heteroatoms. The predicted octanol–water partition coefficient (Wildman–Crippen LogP) is 4.33. The van der Waals surface area contributed by atoms with Crippen molar-refractivity contribution in [1.29, 1.82) is 0 Å². The van der Waals surface area contributed by atoms with Crippen LogP contribution in [-0.2, 0) is 0 Å². The third kappa shape index (κ3) is 2.13. The SMILES string of the molecule is c1ccc(-n2cccc2)c(-c2ccccc2-n2ccnc2)c1. The fourth-order valence-electron chi connectivity index (χ4n) is 2.75. The molecule has 0 bridgehead atoms. The van der Waals surface area contributed by atoms with Crippen molar-refractivity contribution >= 4 is 0 Å². The highest BCUT2D eigenvalue weighted by Gasteiger charge is 2.10. The van der Waals surface area contributed by atoms with E-state index in [1.807, 2.05) is 29.2 Å². The van der Waals surface area contributed by atoms with Crippen molar-refractivity contribution < 1.29 is 0 Å². The number of imidazole rings is 1. The van der Waals surface area contributed by atoms with Gasteiger partial charge in [-0.25, -0.2) is 4.98 Å². The van der Waals surface area contributed by atoms with E-state index >= 15 is 0 Å². The van der Waals surface area contributed by atoms with Crippen molar-refractivity contribution in [3.8, 4) is 22.5 Å². The van der Waals surface area contributed by atoms with Crippen LogP contribution in [0.4, 0.5) is 0 Å². The van der Waals surface area contributed by atoms with Gasteiger partial charge in [0.2, 0.25) is 0 Å². The maximum Gasteiger partial charge on any atom is 0.0991 e. The summed E-state index contributed by atoms with van der Waals surface area (Å²) < 4.78 is 4.18. The predicted molar refractivity (Wildman–Crippen MR) is 88.3 cm³/mol. The van der Waals surface area contributed by atoms with Crippen LogP contribution in [0.15, 0.2) is 91.8 Å². The van der Waals surface area contributed by atoms with Crippen LogP contribution >= 0.6 is 0 Å². The van der Waals surface area contributed by atoms with Gasteiger partial charge in [0, 0.05) is 35.9 Å². The molecule has 2 heterocycles. The monoisotopic (exact) mass is 285 g/mol. The Hall–Kier alpha value is -3.07. The number of hydrogen-bond acceptors (Lipinski definition) is 1. The molecule has 106 valence electrons. The molecule has 22 heavy (non-hydrogen) atoms. The quantitative estimate of drug-likeness (QED) is 0.549. The fourth-order valence-corrected chi connectivity index (χ4v) is 2.75. The molecule has 0 aliphatic heterocycles. The maximum absolute atomic E-state index is 4.16. The molecule has 0 saturated heterocycles. The Morgan fingerprint density at radius 1 is 0.591 bits per heavy atom. The lowest BCUT2D eigenvalue weighted by Gasteiger charge is -2.15. The molecule has 4 aromatic rings. The number of para-hydroxylation sites is 2. The summed E-state index contributed by atoms with van der Waals surface area (Å²) in [5, 5.41) is 0. The minimum atomic E-state index is 1.12. The zero-order valence-corrected chi connectivity index (χ0v) is 12.0. The number of aromatic nitrogens is 3. The van der Waals surface area contributed by atoms with Gasteiger partial charge in [-0.2, -0.15) is 0 Å². The van der Waals surface area contributed by atoms with E-state index < -0.39 is 0 Å². The first-order chi connectivity index (χ1) is 10.9. The average Bonchev–Trinajstić information content (AvgIpc) is 3.28. The van der Waals surface area contributed by atoms with Gasteiger partial charge in [-0.3, -0.25) is 0 Å². The molecule has 0 radical (unpaired) electrons. The summed E-state index contributed by atoms with van der Waals surface area (Å²) in [6.45, 7) is 0. The topological polar surface area (TPSA) is 22.8 Å². The lowest BCUT2D eigenvalue weighted by atomic mass is 10.0. The lowest BCUT2D eigenvalue weighted by Crippen LogP contribution is -1.98. The minimum absolute atomic E-state index is 1.12. The Labute approximate surface area is 129 Å². The molecule has 0 aliphatic carbocycles. The van der Waals surface area contributed by atoms with Crippen LogP contribution in [0.3, 0.4) is 0 Å². The molecule has 0 aliphatic rings. The lowest BCUT2D eigenvalue weighted by molar-refractivity contribution is 1.05. The van der Waals surface area contributed by atoms with Gasteiger partial charge in [0.1, 0.15) is 0 Å². The van der Waals surface area contributed by atoms with Gasteiger partial charge in [-0.05, 0) is 24.3 Å². The first kappa shape index (κ1) is 12.7. The summed E-state index contributed by atoms with van der Waals surface area (Å²) >= 11 is 0. The van der Waals surface area contributed by atoms with Gasteiger partial charge in [-0.1, -0.05) is 36.4 Å². The van der Waals surface area contributed by atoms with E-state index in [-0.39, 0.29) is 0 Å². The van der Waals surface area contributed by atoms with E-state index in [0.717, 1.165) is 5.69 Å². The van der Waals surface area contributed by atoms with Crippen molar-refractivity contribution in [1.82, 2.24) is 14.1 Å². The Morgan fingerprint density at radius 2 is 1.18 bits per heavy atom. The van der Waals surface area contributed by atoms with Crippen LogP contribution in [0.5, 0.6) is 0 Å². The summed E-state index contributed by atoms with van der Waals surface area (Å²) in [5.74, 6) is 0. The largest absolute Gasteiger partial charge is 0.323 e. The van der Waals surface area contributed by atoms with Crippen LogP contribution in [0.25, 0.3) is 22.5 Å². The van der Waals surface area contributed by atoms with E-state index in [0.29, 0.717) is 0 Å². The molecule has 3 nitrogen and oxygen atoms in total. The van der Waals surface area contributed by atoms with E-state index in [1.54, 1.807) is 6.20 Å². The molecule has 0 atom stereocenters. The maximum atomic E-state index is 4.16. The zero-order chi connectivity index (χ0) is 14.8. The van der Waals surface area contributed by atoms with Crippen LogP contribution in [0.2, 0.25) is 0 Å². The van der Waals surface area contributed by atoms with Crippen LogP contribution in [0.1, 0.15) is 0 Å². The summed E-state index contributed by atoms with van der Waals surface area (Å²) in [7, 11) is 0. The van der Waals surface area contributed by atoms with Gasteiger partial charge < -0.3 is 9.13 Å².